The smallest absolute Gasteiger partial charge is 0.194 e. The Morgan fingerprint density at radius 3 is 2.50 bits per heavy atom. The number of guanidine groups is 1. The molecule has 1 atom stereocenters. The van der Waals surface area contributed by atoms with E-state index < -0.39 is 5.60 Å². The number of rotatable bonds is 4. The van der Waals surface area contributed by atoms with Gasteiger partial charge in [0.05, 0.1) is 12.1 Å². The first-order valence-electron chi connectivity index (χ1n) is 9.70. The molecule has 2 N–H and O–H groups in total. The van der Waals surface area contributed by atoms with Gasteiger partial charge >= 0.3 is 0 Å². The highest BCUT2D eigenvalue weighted by atomic mass is 127. The van der Waals surface area contributed by atoms with Crippen LogP contribution in [0, 0.1) is 0 Å². The van der Waals surface area contributed by atoms with Crippen molar-refractivity contribution in [2.24, 2.45) is 4.99 Å². The van der Waals surface area contributed by atoms with Gasteiger partial charge in [-0.1, -0.05) is 19.3 Å². The molecular formula is C18H35IN4O. The van der Waals surface area contributed by atoms with E-state index in [1.54, 1.807) is 0 Å². The Morgan fingerprint density at radius 1 is 1.12 bits per heavy atom. The van der Waals surface area contributed by atoms with Crippen LogP contribution in [0.3, 0.4) is 0 Å². The average Bonchev–Trinajstić information content (AvgIpc) is 3.23. The van der Waals surface area contributed by atoms with E-state index in [-0.39, 0.29) is 24.0 Å². The molecule has 0 aromatic rings. The number of nitrogens with zero attached hydrogens (tertiary/aromatic N) is 3. The first-order valence-corrected chi connectivity index (χ1v) is 9.70. The maximum Gasteiger partial charge on any atom is 0.194 e. The zero-order valence-corrected chi connectivity index (χ0v) is 17.5. The van der Waals surface area contributed by atoms with Gasteiger partial charge in [0, 0.05) is 25.7 Å². The summed E-state index contributed by atoms with van der Waals surface area (Å²) < 4.78 is 0. The number of hydrogen-bond acceptors (Lipinski definition) is 3. The van der Waals surface area contributed by atoms with Gasteiger partial charge < -0.3 is 15.3 Å². The van der Waals surface area contributed by atoms with Crippen LogP contribution in [0.5, 0.6) is 0 Å². The molecule has 0 amide bonds. The molecule has 0 aromatic heterocycles. The normalized spacial score (nSPS) is 28.0. The number of aliphatic imine (C=N–C) groups is 1. The van der Waals surface area contributed by atoms with Crippen LogP contribution in [-0.4, -0.2) is 71.8 Å². The van der Waals surface area contributed by atoms with Crippen LogP contribution in [0.4, 0.5) is 0 Å². The van der Waals surface area contributed by atoms with Gasteiger partial charge in [0.15, 0.2) is 5.96 Å². The summed E-state index contributed by atoms with van der Waals surface area (Å²) in [4.78, 5) is 9.87. The summed E-state index contributed by atoms with van der Waals surface area (Å²) in [6.45, 7) is 8.29. The van der Waals surface area contributed by atoms with E-state index in [1.165, 1.54) is 38.8 Å². The summed E-state index contributed by atoms with van der Waals surface area (Å²) in [5, 5.41) is 14.1. The third kappa shape index (κ3) is 5.21. The molecule has 3 fully saturated rings. The Bertz CT molecular complexity index is 406. The molecule has 1 saturated carbocycles. The number of halogens is 1. The number of hydrogen-bond donors (Lipinski definition) is 2. The monoisotopic (exact) mass is 450 g/mol. The predicted molar refractivity (Wildman–Crippen MR) is 110 cm³/mol. The average molecular weight is 450 g/mol. The fourth-order valence-corrected chi connectivity index (χ4v) is 4.35. The molecule has 24 heavy (non-hydrogen) atoms. The van der Waals surface area contributed by atoms with E-state index in [4.69, 9.17) is 4.99 Å². The van der Waals surface area contributed by atoms with E-state index in [0.717, 1.165) is 51.3 Å². The van der Waals surface area contributed by atoms with Gasteiger partial charge in [0.25, 0.3) is 0 Å². The van der Waals surface area contributed by atoms with Crippen molar-refractivity contribution in [3.8, 4) is 0 Å². The van der Waals surface area contributed by atoms with E-state index in [0.29, 0.717) is 12.6 Å². The van der Waals surface area contributed by atoms with E-state index in [1.807, 2.05) is 0 Å². The van der Waals surface area contributed by atoms with Crippen molar-refractivity contribution in [2.75, 3.05) is 39.3 Å². The minimum atomic E-state index is -0.563. The Morgan fingerprint density at radius 2 is 1.83 bits per heavy atom. The molecule has 3 rings (SSSR count). The third-order valence-electron chi connectivity index (χ3n) is 5.76. The summed E-state index contributed by atoms with van der Waals surface area (Å²) in [6.07, 6.45) is 9.32. The SMILES string of the molecule is CCNC(=NCC1(O)CCCCC1)N1CCC(N2CCCC2)C1.I. The zero-order chi connectivity index (χ0) is 16.1. The van der Waals surface area contributed by atoms with E-state index in [9.17, 15) is 5.11 Å². The van der Waals surface area contributed by atoms with Crippen LogP contribution in [0.2, 0.25) is 0 Å². The van der Waals surface area contributed by atoms with Crippen LogP contribution in [-0.2, 0) is 0 Å². The van der Waals surface area contributed by atoms with Gasteiger partial charge in [-0.15, -0.1) is 24.0 Å². The lowest BCUT2D eigenvalue weighted by atomic mass is 9.85. The van der Waals surface area contributed by atoms with E-state index in [2.05, 4.69) is 22.0 Å². The van der Waals surface area contributed by atoms with Gasteiger partial charge in [0.2, 0.25) is 0 Å². The Balaban J connectivity index is 0.00000208. The van der Waals surface area contributed by atoms with Crippen molar-refractivity contribution < 1.29 is 5.11 Å². The molecule has 0 aromatic carbocycles. The lowest BCUT2D eigenvalue weighted by Crippen LogP contribution is -2.44. The molecule has 2 saturated heterocycles. The maximum absolute atomic E-state index is 10.7. The number of aliphatic hydroxyl groups is 1. The van der Waals surface area contributed by atoms with Crippen LogP contribution in [0.1, 0.15) is 58.3 Å². The largest absolute Gasteiger partial charge is 0.388 e. The van der Waals surface area contributed by atoms with E-state index >= 15 is 0 Å². The van der Waals surface area contributed by atoms with Gasteiger partial charge in [-0.3, -0.25) is 9.89 Å². The zero-order valence-electron chi connectivity index (χ0n) is 15.2. The molecule has 0 spiro atoms. The highest BCUT2D eigenvalue weighted by Crippen LogP contribution is 2.28. The maximum atomic E-state index is 10.7. The van der Waals surface area contributed by atoms with Crippen LogP contribution in [0.25, 0.3) is 0 Å². The predicted octanol–water partition coefficient (Wildman–Crippen LogP) is 2.44. The van der Waals surface area contributed by atoms with Crippen LogP contribution >= 0.6 is 24.0 Å². The summed E-state index contributed by atoms with van der Waals surface area (Å²) in [6, 6.07) is 0.694. The van der Waals surface area contributed by atoms with Crippen LogP contribution < -0.4 is 5.32 Å². The fraction of sp³-hybridized carbons (Fsp3) is 0.944. The summed E-state index contributed by atoms with van der Waals surface area (Å²) in [5.41, 5.74) is -0.563. The van der Waals surface area contributed by atoms with Crippen molar-refractivity contribution in [1.29, 1.82) is 0 Å². The first kappa shape index (κ1) is 20.2. The number of nitrogens with one attached hydrogen (secondary N) is 1. The topological polar surface area (TPSA) is 51.1 Å². The minimum absolute atomic E-state index is 0. The summed E-state index contributed by atoms with van der Waals surface area (Å²) in [5.74, 6) is 1.01. The highest BCUT2D eigenvalue weighted by Gasteiger charge is 2.32. The quantitative estimate of drug-likeness (QED) is 0.393. The minimum Gasteiger partial charge on any atom is -0.388 e. The first-order chi connectivity index (χ1) is 11.2. The molecule has 6 heteroatoms. The Labute approximate surface area is 164 Å². The van der Waals surface area contributed by atoms with Crippen molar-refractivity contribution in [3.05, 3.63) is 0 Å². The van der Waals surface area contributed by atoms with Crippen molar-refractivity contribution >= 4 is 29.9 Å². The number of likely N-dealkylation sites (tertiary alicyclic amines) is 2. The molecule has 3 aliphatic rings. The molecule has 2 aliphatic heterocycles. The summed E-state index contributed by atoms with van der Waals surface area (Å²) in [7, 11) is 0. The van der Waals surface area contributed by atoms with Crippen molar-refractivity contribution in [1.82, 2.24) is 15.1 Å². The second-order valence-electron chi connectivity index (χ2n) is 7.59. The summed E-state index contributed by atoms with van der Waals surface area (Å²) >= 11 is 0. The van der Waals surface area contributed by atoms with Gasteiger partial charge in [-0.2, -0.15) is 0 Å². The molecular weight excluding hydrogens is 415 g/mol. The van der Waals surface area contributed by atoms with Gasteiger partial charge in [-0.05, 0) is 52.1 Å². The molecule has 1 aliphatic carbocycles. The Hall–Kier alpha value is -0.0800. The standard InChI is InChI=1S/C18H34N4O.HI/c1-2-19-17(20-15-18(23)9-4-3-5-10-18)22-13-8-16(14-22)21-11-6-7-12-21;/h16,23H,2-15H2,1H3,(H,19,20);1H. The molecule has 2 heterocycles. The van der Waals surface area contributed by atoms with Crippen molar-refractivity contribution in [3.63, 3.8) is 0 Å². The second-order valence-corrected chi connectivity index (χ2v) is 7.59. The molecule has 5 nitrogen and oxygen atoms in total. The lowest BCUT2D eigenvalue weighted by molar-refractivity contribution is 0.0130. The third-order valence-corrected chi connectivity index (χ3v) is 5.76. The molecule has 0 radical (unpaired) electrons. The Kier molecular flexibility index (Phi) is 8.07. The second kappa shape index (κ2) is 9.57. The van der Waals surface area contributed by atoms with Gasteiger partial charge in [0.1, 0.15) is 0 Å². The highest BCUT2D eigenvalue weighted by molar-refractivity contribution is 14.0. The lowest BCUT2D eigenvalue weighted by Gasteiger charge is -2.31. The molecule has 140 valence electrons. The van der Waals surface area contributed by atoms with Gasteiger partial charge in [-0.25, -0.2) is 0 Å². The van der Waals surface area contributed by atoms with Crippen molar-refractivity contribution in [2.45, 2.75) is 69.9 Å². The molecule has 0 bridgehead atoms. The molecule has 1 unspecified atom stereocenters. The fourth-order valence-electron chi connectivity index (χ4n) is 4.35. The van der Waals surface area contributed by atoms with Crippen LogP contribution in [0.15, 0.2) is 4.99 Å².